The minimum absolute atomic E-state index is 0.129. The van der Waals surface area contributed by atoms with Gasteiger partial charge in [-0.05, 0) is 27.8 Å². The number of amides is 2. The SMILES string of the molecule is CC(C)(C)C(NC(=O)c1nn(Cc2cccc3ccccc23)c2ccccc12)C(=O)NCCO. The minimum Gasteiger partial charge on any atom is -0.395 e. The van der Waals surface area contributed by atoms with Crippen molar-refractivity contribution in [2.45, 2.75) is 33.4 Å². The molecule has 7 heteroatoms. The van der Waals surface area contributed by atoms with Crippen molar-refractivity contribution in [3.63, 3.8) is 0 Å². The summed E-state index contributed by atoms with van der Waals surface area (Å²) < 4.78 is 1.84. The topological polar surface area (TPSA) is 96.2 Å². The van der Waals surface area contributed by atoms with E-state index in [1.54, 1.807) is 0 Å². The maximum Gasteiger partial charge on any atom is 0.273 e. The van der Waals surface area contributed by atoms with Gasteiger partial charge in [0.1, 0.15) is 6.04 Å². The lowest BCUT2D eigenvalue weighted by Gasteiger charge is -2.30. The molecule has 34 heavy (non-hydrogen) atoms. The second-order valence-electron chi connectivity index (χ2n) is 9.45. The van der Waals surface area contributed by atoms with Gasteiger partial charge in [0, 0.05) is 11.9 Å². The molecule has 3 N–H and O–H groups in total. The predicted molar refractivity (Wildman–Crippen MR) is 134 cm³/mol. The predicted octanol–water partition coefficient (Wildman–Crippen LogP) is 3.49. The first-order valence-electron chi connectivity index (χ1n) is 11.4. The first kappa shape index (κ1) is 23.4. The normalized spacial score (nSPS) is 12.6. The standard InChI is InChI=1S/C27H30N4O3/c1-27(2,3)24(26(34)28-15-16-32)29-25(33)23-21-13-6-7-14-22(21)31(30-23)17-19-11-8-10-18-9-4-5-12-20(18)19/h4-14,24,32H,15-17H2,1-3H3,(H,28,34)(H,29,33). The molecule has 4 rings (SSSR count). The number of rotatable bonds is 7. The lowest BCUT2D eigenvalue weighted by molar-refractivity contribution is -0.125. The maximum absolute atomic E-state index is 13.4. The van der Waals surface area contributed by atoms with E-state index in [9.17, 15) is 9.59 Å². The number of fused-ring (bicyclic) bond motifs is 2. The molecule has 0 aliphatic rings. The van der Waals surface area contributed by atoms with Gasteiger partial charge in [0.05, 0.1) is 18.7 Å². The van der Waals surface area contributed by atoms with E-state index in [2.05, 4.69) is 40.0 Å². The van der Waals surface area contributed by atoms with Gasteiger partial charge >= 0.3 is 0 Å². The van der Waals surface area contributed by atoms with Gasteiger partial charge in [-0.15, -0.1) is 0 Å². The largest absolute Gasteiger partial charge is 0.395 e. The lowest BCUT2D eigenvalue weighted by Crippen LogP contribution is -2.54. The Hall–Kier alpha value is -3.71. The van der Waals surface area contributed by atoms with Crippen LogP contribution in [-0.4, -0.2) is 45.9 Å². The third-order valence-electron chi connectivity index (χ3n) is 5.89. The molecule has 0 aliphatic carbocycles. The number of para-hydroxylation sites is 1. The number of hydrogen-bond acceptors (Lipinski definition) is 4. The molecule has 7 nitrogen and oxygen atoms in total. The summed E-state index contributed by atoms with van der Waals surface area (Å²) in [5, 5.41) is 22.3. The minimum atomic E-state index is -0.784. The van der Waals surface area contributed by atoms with Gasteiger partial charge in [-0.3, -0.25) is 14.3 Å². The smallest absolute Gasteiger partial charge is 0.273 e. The highest BCUT2D eigenvalue weighted by Crippen LogP contribution is 2.25. The Morgan fingerprint density at radius 3 is 2.38 bits per heavy atom. The highest BCUT2D eigenvalue weighted by molar-refractivity contribution is 6.06. The van der Waals surface area contributed by atoms with Gasteiger partial charge < -0.3 is 15.7 Å². The number of aromatic nitrogens is 2. The van der Waals surface area contributed by atoms with Gasteiger partial charge in [-0.2, -0.15) is 5.10 Å². The molecule has 0 aliphatic heterocycles. The van der Waals surface area contributed by atoms with Crippen LogP contribution in [0.25, 0.3) is 21.7 Å². The number of nitrogens with zero attached hydrogens (tertiary/aromatic N) is 2. The third kappa shape index (κ3) is 4.79. The molecule has 176 valence electrons. The van der Waals surface area contributed by atoms with Crippen molar-refractivity contribution >= 4 is 33.5 Å². The van der Waals surface area contributed by atoms with Crippen LogP contribution in [0, 0.1) is 5.41 Å². The van der Waals surface area contributed by atoms with Crippen LogP contribution in [0.15, 0.2) is 66.7 Å². The van der Waals surface area contributed by atoms with Gasteiger partial charge in [0.2, 0.25) is 5.91 Å². The van der Waals surface area contributed by atoms with Crippen molar-refractivity contribution in [3.05, 3.63) is 78.0 Å². The molecule has 0 fully saturated rings. The average molecular weight is 459 g/mol. The van der Waals surface area contributed by atoms with E-state index in [-0.39, 0.29) is 24.8 Å². The molecular formula is C27H30N4O3. The van der Waals surface area contributed by atoms with E-state index in [0.717, 1.165) is 27.2 Å². The Bertz CT molecular complexity index is 1330. The van der Waals surface area contributed by atoms with Gasteiger partial charge in [-0.25, -0.2) is 0 Å². The van der Waals surface area contributed by atoms with E-state index < -0.39 is 17.4 Å². The molecule has 0 saturated heterocycles. The number of aliphatic hydroxyl groups is 1. The molecule has 0 spiro atoms. The highest BCUT2D eigenvalue weighted by atomic mass is 16.3. The number of aliphatic hydroxyl groups excluding tert-OH is 1. The van der Waals surface area contributed by atoms with Crippen molar-refractivity contribution < 1.29 is 14.7 Å². The number of nitrogens with one attached hydrogen (secondary N) is 2. The number of carbonyl (C=O) groups excluding carboxylic acids is 2. The van der Waals surface area contributed by atoms with E-state index in [4.69, 9.17) is 5.11 Å². The maximum atomic E-state index is 13.4. The van der Waals surface area contributed by atoms with Gasteiger partial charge in [0.25, 0.3) is 5.91 Å². The molecule has 4 aromatic rings. The lowest BCUT2D eigenvalue weighted by atomic mass is 9.86. The first-order valence-corrected chi connectivity index (χ1v) is 11.4. The van der Waals surface area contributed by atoms with Crippen LogP contribution in [0.2, 0.25) is 0 Å². The number of hydrogen-bond donors (Lipinski definition) is 3. The fraction of sp³-hybridized carbons (Fsp3) is 0.296. The van der Waals surface area contributed by atoms with Gasteiger partial charge in [0.15, 0.2) is 5.69 Å². The Kier molecular flexibility index (Phi) is 6.65. The first-order chi connectivity index (χ1) is 16.3. The summed E-state index contributed by atoms with van der Waals surface area (Å²) in [6.07, 6.45) is 0. The molecule has 1 heterocycles. The van der Waals surface area contributed by atoms with E-state index in [0.29, 0.717) is 6.54 Å². The second-order valence-corrected chi connectivity index (χ2v) is 9.45. The molecule has 1 aromatic heterocycles. The molecule has 0 saturated carbocycles. The number of benzene rings is 3. The molecule has 0 radical (unpaired) electrons. The molecule has 3 aromatic carbocycles. The van der Waals surface area contributed by atoms with Crippen LogP contribution in [0.1, 0.15) is 36.8 Å². The fourth-order valence-electron chi connectivity index (χ4n) is 4.16. The summed E-state index contributed by atoms with van der Waals surface area (Å²) in [7, 11) is 0. The summed E-state index contributed by atoms with van der Waals surface area (Å²) in [6, 6.07) is 21.2. The van der Waals surface area contributed by atoms with Crippen LogP contribution in [0.5, 0.6) is 0 Å². The van der Waals surface area contributed by atoms with Crippen LogP contribution in [0.3, 0.4) is 0 Å². The Morgan fingerprint density at radius 1 is 0.971 bits per heavy atom. The molecule has 1 atom stereocenters. The van der Waals surface area contributed by atoms with Crippen molar-refractivity contribution in [1.29, 1.82) is 0 Å². The Labute approximate surface area is 198 Å². The van der Waals surface area contributed by atoms with Crippen LogP contribution >= 0.6 is 0 Å². The van der Waals surface area contributed by atoms with E-state index >= 15 is 0 Å². The van der Waals surface area contributed by atoms with Crippen molar-refractivity contribution in [2.24, 2.45) is 5.41 Å². The number of carbonyl (C=O) groups is 2. The summed E-state index contributed by atoms with van der Waals surface area (Å²) in [6.45, 7) is 6.12. The van der Waals surface area contributed by atoms with Crippen molar-refractivity contribution in [2.75, 3.05) is 13.2 Å². The monoisotopic (exact) mass is 458 g/mol. The Morgan fingerprint density at radius 2 is 1.65 bits per heavy atom. The third-order valence-corrected chi connectivity index (χ3v) is 5.89. The zero-order chi connectivity index (χ0) is 24.3. The van der Waals surface area contributed by atoms with Crippen molar-refractivity contribution in [1.82, 2.24) is 20.4 Å². The van der Waals surface area contributed by atoms with Gasteiger partial charge in [-0.1, -0.05) is 81.4 Å². The van der Waals surface area contributed by atoms with Crippen LogP contribution in [0.4, 0.5) is 0 Å². The quantitative estimate of drug-likeness (QED) is 0.395. The molecule has 2 amide bonds. The summed E-state index contributed by atoms with van der Waals surface area (Å²) in [4.78, 5) is 26.0. The molecular weight excluding hydrogens is 428 g/mol. The fourth-order valence-corrected chi connectivity index (χ4v) is 4.16. The zero-order valence-corrected chi connectivity index (χ0v) is 19.7. The molecule has 0 bridgehead atoms. The molecule has 1 unspecified atom stereocenters. The van der Waals surface area contributed by atoms with Crippen LogP contribution in [-0.2, 0) is 11.3 Å². The summed E-state index contributed by atoms with van der Waals surface area (Å²) in [5.74, 6) is -0.749. The summed E-state index contributed by atoms with van der Waals surface area (Å²) >= 11 is 0. The summed E-state index contributed by atoms with van der Waals surface area (Å²) in [5.41, 5.74) is 1.70. The van der Waals surface area contributed by atoms with Crippen LogP contribution < -0.4 is 10.6 Å². The zero-order valence-electron chi connectivity index (χ0n) is 19.7. The van der Waals surface area contributed by atoms with Crippen molar-refractivity contribution in [3.8, 4) is 0 Å². The highest BCUT2D eigenvalue weighted by Gasteiger charge is 2.33. The Balaban J connectivity index is 1.68. The van der Waals surface area contributed by atoms with E-state index in [1.165, 1.54) is 0 Å². The van der Waals surface area contributed by atoms with E-state index in [1.807, 2.05) is 67.9 Å². The average Bonchev–Trinajstić information content (AvgIpc) is 3.19. The second kappa shape index (κ2) is 9.65.